The zero-order valence-corrected chi connectivity index (χ0v) is 15.1. The molecule has 0 aliphatic carbocycles. The lowest BCUT2D eigenvalue weighted by molar-refractivity contribution is 0.0956. The third-order valence-corrected chi connectivity index (χ3v) is 4.44. The Bertz CT molecular complexity index is 644. The number of hydrogen-bond acceptors (Lipinski definition) is 3. The monoisotopic (exact) mass is 378 g/mol. The Kier molecular flexibility index (Phi) is 6.34. The molecule has 2 N–H and O–H groups in total. The molecule has 0 unspecified atom stereocenters. The van der Waals surface area contributed by atoms with Gasteiger partial charge < -0.3 is 10.6 Å². The molecule has 0 aliphatic rings. The Hall–Kier alpha value is -1.46. The summed E-state index contributed by atoms with van der Waals surface area (Å²) in [6.45, 7) is 3.21. The Labute approximate surface area is 144 Å². The third-order valence-electron chi connectivity index (χ3n) is 3.21. The van der Waals surface area contributed by atoms with Gasteiger partial charge in [0.2, 0.25) is 0 Å². The molecule has 2 aromatic carbocycles. The lowest BCUT2D eigenvalue weighted by Crippen LogP contribution is -2.23. The summed E-state index contributed by atoms with van der Waals surface area (Å²) < 4.78 is 0.892. The number of thioether (sulfide) groups is 1. The second-order valence-corrected chi connectivity index (χ2v) is 6.55. The van der Waals surface area contributed by atoms with E-state index in [1.165, 1.54) is 10.5 Å². The molecule has 0 atom stereocenters. The number of hydrogen-bond donors (Lipinski definition) is 2. The van der Waals surface area contributed by atoms with Crippen LogP contribution in [0.3, 0.4) is 0 Å². The van der Waals surface area contributed by atoms with Gasteiger partial charge in [-0.2, -0.15) is 0 Å². The van der Waals surface area contributed by atoms with Crippen molar-refractivity contribution < 1.29 is 4.79 Å². The predicted octanol–water partition coefficient (Wildman–Crippen LogP) is 4.53. The fourth-order valence-corrected chi connectivity index (χ4v) is 2.82. The number of amides is 1. The largest absolute Gasteiger partial charge is 0.380 e. The minimum absolute atomic E-state index is 0.0657. The fourth-order valence-electron chi connectivity index (χ4n) is 2.05. The van der Waals surface area contributed by atoms with Crippen LogP contribution in [0.15, 0.2) is 51.8 Å². The summed E-state index contributed by atoms with van der Waals surface area (Å²) in [5.74, 6) is -0.0657. The van der Waals surface area contributed by atoms with Gasteiger partial charge in [0.05, 0.1) is 5.56 Å². The van der Waals surface area contributed by atoms with E-state index in [9.17, 15) is 4.79 Å². The molecular formula is C17H19BrN2OS. The van der Waals surface area contributed by atoms with Gasteiger partial charge in [-0.1, -0.05) is 28.1 Å². The highest BCUT2D eigenvalue weighted by atomic mass is 79.9. The molecule has 1 amide bonds. The maximum atomic E-state index is 12.1. The first-order valence-corrected chi connectivity index (χ1v) is 9.10. The van der Waals surface area contributed by atoms with Gasteiger partial charge in [0.25, 0.3) is 5.91 Å². The molecule has 5 heteroatoms. The molecule has 0 bridgehead atoms. The minimum atomic E-state index is -0.0657. The molecule has 0 saturated heterocycles. The normalized spacial score (nSPS) is 10.3. The van der Waals surface area contributed by atoms with Crippen molar-refractivity contribution in [3.8, 4) is 0 Å². The summed E-state index contributed by atoms with van der Waals surface area (Å²) >= 11 is 5.14. The van der Waals surface area contributed by atoms with Crippen molar-refractivity contribution in [2.45, 2.75) is 18.4 Å². The number of carbonyl (C=O) groups excluding carboxylic acids is 1. The molecule has 0 spiro atoms. The van der Waals surface area contributed by atoms with Crippen LogP contribution in [-0.2, 0) is 6.54 Å². The van der Waals surface area contributed by atoms with E-state index < -0.39 is 0 Å². The van der Waals surface area contributed by atoms with Crippen molar-refractivity contribution in [3.63, 3.8) is 0 Å². The average molecular weight is 379 g/mol. The highest BCUT2D eigenvalue weighted by Crippen LogP contribution is 2.22. The summed E-state index contributed by atoms with van der Waals surface area (Å²) in [4.78, 5) is 13.4. The predicted molar refractivity (Wildman–Crippen MR) is 97.7 cm³/mol. The van der Waals surface area contributed by atoms with E-state index in [2.05, 4.69) is 57.1 Å². The first-order chi connectivity index (χ1) is 10.6. The molecule has 0 saturated carbocycles. The Balaban J connectivity index is 2.12. The molecular weight excluding hydrogens is 360 g/mol. The van der Waals surface area contributed by atoms with E-state index in [1.54, 1.807) is 11.8 Å². The van der Waals surface area contributed by atoms with Crippen LogP contribution in [-0.4, -0.2) is 18.7 Å². The van der Waals surface area contributed by atoms with Gasteiger partial charge in [0, 0.05) is 28.1 Å². The second-order valence-electron chi connectivity index (χ2n) is 4.75. The number of halogens is 1. The molecule has 0 fully saturated rings. The van der Waals surface area contributed by atoms with E-state index in [0.717, 1.165) is 10.2 Å². The van der Waals surface area contributed by atoms with E-state index in [-0.39, 0.29) is 5.91 Å². The van der Waals surface area contributed by atoms with Gasteiger partial charge in [-0.25, -0.2) is 0 Å². The number of anilines is 1. The van der Waals surface area contributed by atoms with Crippen LogP contribution in [0.25, 0.3) is 0 Å². The zero-order valence-electron chi connectivity index (χ0n) is 12.7. The number of benzene rings is 2. The van der Waals surface area contributed by atoms with Crippen LogP contribution in [0, 0.1) is 0 Å². The summed E-state index contributed by atoms with van der Waals surface area (Å²) in [6.07, 6.45) is 2.06. The summed E-state index contributed by atoms with van der Waals surface area (Å²) in [6, 6.07) is 14.1. The number of nitrogens with one attached hydrogen (secondary N) is 2. The first kappa shape index (κ1) is 16.9. The number of carbonyl (C=O) groups is 1. The van der Waals surface area contributed by atoms with E-state index >= 15 is 0 Å². The third kappa shape index (κ3) is 4.52. The van der Waals surface area contributed by atoms with Crippen molar-refractivity contribution in [2.24, 2.45) is 0 Å². The smallest absolute Gasteiger partial charge is 0.253 e. The van der Waals surface area contributed by atoms with Crippen molar-refractivity contribution in [1.29, 1.82) is 0 Å². The molecule has 116 valence electrons. The maximum absolute atomic E-state index is 12.1. The Morgan fingerprint density at radius 3 is 2.55 bits per heavy atom. The van der Waals surface area contributed by atoms with Crippen molar-refractivity contribution in [3.05, 3.63) is 58.1 Å². The molecule has 0 heterocycles. The molecule has 0 aromatic heterocycles. The van der Waals surface area contributed by atoms with Gasteiger partial charge in [-0.05, 0) is 49.1 Å². The van der Waals surface area contributed by atoms with E-state index in [0.29, 0.717) is 18.7 Å². The second kappa shape index (κ2) is 8.25. The van der Waals surface area contributed by atoms with Gasteiger partial charge in [-0.3, -0.25) is 4.79 Å². The Morgan fingerprint density at radius 2 is 1.91 bits per heavy atom. The number of rotatable bonds is 6. The Morgan fingerprint density at radius 1 is 1.18 bits per heavy atom. The zero-order chi connectivity index (χ0) is 15.9. The van der Waals surface area contributed by atoms with Crippen LogP contribution in [0.4, 0.5) is 5.69 Å². The van der Waals surface area contributed by atoms with Crippen LogP contribution in [0.1, 0.15) is 22.8 Å². The summed E-state index contributed by atoms with van der Waals surface area (Å²) in [7, 11) is 0. The molecule has 2 aromatic rings. The standard InChI is InChI=1S/C17H19BrN2OS/c1-3-19-17(21)15-10-13(18)6-9-16(15)20-11-12-4-7-14(22-2)8-5-12/h4-10,20H,3,11H2,1-2H3,(H,19,21). The van der Waals surface area contributed by atoms with E-state index in [1.807, 2.05) is 25.1 Å². The SMILES string of the molecule is CCNC(=O)c1cc(Br)ccc1NCc1ccc(SC)cc1. The molecule has 3 nitrogen and oxygen atoms in total. The minimum Gasteiger partial charge on any atom is -0.380 e. The lowest BCUT2D eigenvalue weighted by Gasteiger charge is -2.12. The maximum Gasteiger partial charge on any atom is 0.253 e. The van der Waals surface area contributed by atoms with Gasteiger partial charge >= 0.3 is 0 Å². The fraction of sp³-hybridized carbons (Fsp3) is 0.235. The highest BCUT2D eigenvalue weighted by Gasteiger charge is 2.11. The highest BCUT2D eigenvalue weighted by molar-refractivity contribution is 9.10. The average Bonchev–Trinajstić information content (AvgIpc) is 2.54. The lowest BCUT2D eigenvalue weighted by atomic mass is 10.1. The molecule has 0 aliphatic heterocycles. The van der Waals surface area contributed by atoms with Crippen LogP contribution in [0.5, 0.6) is 0 Å². The topological polar surface area (TPSA) is 41.1 Å². The van der Waals surface area contributed by atoms with Gasteiger partial charge in [0.1, 0.15) is 0 Å². The van der Waals surface area contributed by atoms with Crippen LogP contribution in [0.2, 0.25) is 0 Å². The van der Waals surface area contributed by atoms with Crippen molar-refractivity contribution in [1.82, 2.24) is 5.32 Å². The van der Waals surface area contributed by atoms with Crippen LogP contribution >= 0.6 is 27.7 Å². The van der Waals surface area contributed by atoms with Crippen molar-refractivity contribution in [2.75, 3.05) is 18.1 Å². The molecule has 0 radical (unpaired) electrons. The quantitative estimate of drug-likeness (QED) is 0.725. The molecule has 22 heavy (non-hydrogen) atoms. The first-order valence-electron chi connectivity index (χ1n) is 7.08. The summed E-state index contributed by atoms with van der Waals surface area (Å²) in [5, 5.41) is 6.19. The summed E-state index contributed by atoms with van der Waals surface area (Å²) in [5.41, 5.74) is 2.67. The molecule has 2 rings (SSSR count). The van der Waals surface area contributed by atoms with E-state index in [4.69, 9.17) is 0 Å². The van der Waals surface area contributed by atoms with Crippen LogP contribution < -0.4 is 10.6 Å². The van der Waals surface area contributed by atoms with Crippen molar-refractivity contribution >= 4 is 39.3 Å². The van der Waals surface area contributed by atoms with Gasteiger partial charge in [0.15, 0.2) is 0 Å². The van der Waals surface area contributed by atoms with Gasteiger partial charge in [-0.15, -0.1) is 11.8 Å².